The molecule has 0 spiro atoms. The van der Waals surface area contributed by atoms with Crippen LogP contribution in [0.25, 0.3) is 11.0 Å². The van der Waals surface area contributed by atoms with Gasteiger partial charge in [0.1, 0.15) is 5.02 Å². The van der Waals surface area contributed by atoms with E-state index in [0.717, 1.165) is 0 Å². The maximum atomic E-state index is 11.6. The maximum absolute atomic E-state index is 11.6. The zero-order valence-corrected chi connectivity index (χ0v) is 10.7. The van der Waals surface area contributed by atoms with Crippen LogP contribution in [0.3, 0.4) is 0 Å². The summed E-state index contributed by atoms with van der Waals surface area (Å²) < 4.78 is 9.91. The number of aromatic nitrogens is 2. The van der Waals surface area contributed by atoms with Gasteiger partial charge in [0.05, 0.1) is 30.3 Å². The van der Waals surface area contributed by atoms with Crippen LogP contribution in [0.5, 0.6) is 5.88 Å². The van der Waals surface area contributed by atoms with Gasteiger partial charge in [-0.25, -0.2) is 9.78 Å². The number of carbonyl (C=O) groups excluding carboxylic acids is 1. The summed E-state index contributed by atoms with van der Waals surface area (Å²) in [6.45, 7) is 2.06. The number of ether oxygens (including phenoxy) is 2. The third-order valence-corrected chi connectivity index (χ3v) is 2.56. The third kappa shape index (κ3) is 2.36. The molecule has 0 aliphatic carbocycles. The SMILES string of the molecule is CCOC(=O)c1cnc2cc(Cl)c(OC)nc2c1. The lowest BCUT2D eigenvalue weighted by Crippen LogP contribution is -2.05. The molecular weight excluding hydrogens is 256 g/mol. The van der Waals surface area contributed by atoms with E-state index in [0.29, 0.717) is 34.1 Å². The van der Waals surface area contributed by atoms with Crippen molar-refractivity contribution in [1.29, 1.82) is 0 Å². The van der Waals surface area contributed by atoms with Gasteiger partial charge in [-0.3, -0.25) is 4.98 Å². The topological polar surface area (TPSA) is 61.3 Å². The zero-order valence-electron chi connectivity index (χ0n) is 9.94. The molecule has 2 rings (SSSR count). The van der Waals surface area contributed by atoms with E-state index in [2.05, 4.69) is 9.97 Å². The molecule has 0 saturated heterocycles. The smallest absolute Gasteiger partial charge is 0.339 e. The number of carbonyl (C=O) groups is 1. The van der Waals surface area contributed by atoms with Crippen molar-refractivity contribution in [2.24, 2.45) is 0 Å². The van der Waals surface area contributed by atoms with Crippen molar-refractivity contribution in [2.45, 2.75) is 6.92 Å². The lowest BCUT2D eigenvalue weighted by Gasteiger charge is -2.05. The Morgan fingerprint density at radius 2 is 2.17 bits per heavy atom. The van der Waals surface area contributed by atoms with Gasteiger partial charge in [0.15, 0.2) is 0 Å². The van der Waals surface area contributed by atoms with Crippen LogP contribution in [0.1, 0.15) is 17.3 Å². The fourth-order valence-electron chi connectivity index (χ4n) is 1.48. The Labute approximate surface area is 109 Å². The Morgan fingerprint density at radius 3 is 2.83 bits per heavy atom. The molecule has 94 valence electrons. The highest BCUT2D eigenvalue weighted by Crippen LogP contribution is 2.25. The normalized spacial score (nSPS) is 10.4. The molecule has 2 heterocycles. The van der Waals surface area contributed by atoms with Crippen LogP contribution in [0.2, 0.25) is 5.02 Å². The first-order chi connectivity index (χ1) is 8.65. The van der Waals surface area contributed by atoms with Gasteiger partial charge in [0.2, 0.25) is 5.88 Å². The van der Waals surface area contributed by atoms with Crippen LogP contribution < -0.4 is 4.74 Å². The summed E-state index contributed by atoms with van der Waals surface area (Å²) in [6.07, 6.45) is 1.44. The first-order valence-corrected chi connectivity index (χ1v) is 5.71. The number of pyridine rings is 2. The molecule has 0 aliphatic heterocycles. The Morgan fingerprint density at radius 1 is 1.39 bits per heavy atom. The first-order valence-electron chi connectivity index (χ1n) is 5.33. The second-order valence-corrected chi connectivity index (χ2v) is 3.87. The van der Waals surface area contributed by atoms with E-state index in [4.69, 9.17) is 21.1 Å². The predicted molar refractivity (Wildman–Crippen MR) is 67.1 cm³/mol. The molecule has 2 aromatic heterocycles. The molecule has 5 nitrogen and oxygen atoms in total. The minimum atomic E-state index is -0.428. The molecular formula is C12H11ClN2O3. The van der Waals surface area contributed by atoms with Crippen molar-refractivity contribution in [1.82, 2.24) is 9.97 Å². The number of fused-ring (bicyclic) bond motifs is 1. The van der Waals surface area contributed by atoms with Gasteiger partial charge in [-0.15, -0.1) is 0 Å². The Bertz CT molecular complexity index is 601. The second kappa shape index (κ2) is 5.18. The van der Waals surface area contributed by atoms with E-state index in [1.54, 1.807) is 19.1 Å². The summed E-state index contributed by atoms with van der Waals surface area (Å²) in [5.41, 5.74) is 1.47. The van der Waals surface area contributed by atoms with E-state index in [-0.39, 0.29) is 0 Å². The molecule has 2 aromatic rings. The summed E-state index contributed by atoms with van der Waals surface area (Å²) in [7, 11) is 1.47. The molecule has 0 bridgehead atoms. The Kier molecular flexibility index (Phi) is 3.62. The van der Waals surface area contributed by atoms with Crippen LogP contribution in [-0.2, 0) is 4.74 Å². The van der Waals surface area contributed by atoms with E-state index in [9.17, 15) is 4.79 Å². The van der Waals surface area contributed by atoms with Crippen LogP contribution in [-0.4, -0.2) is 29.7 Å². The molecule has 6 heteroatoms. The van der Waals surface area contributed by atoms with Gasteiger partial charge in [-0.1, -0.05) is 11.6 Å². The summed E-state index contributed by atoms with van der Waals surface area (Å²) in [6, 6.07) is 3.23. The van der Waals surface area contributed by atoms with Gasteiger partial charge in [0.25, 0.3) is 0 Å². The molecule has 0 radical (unpaired) electrons. The van der Waals surface area contributed by atoms with Crippen molar-refractivity contribution in [3.8, 4) is 5.88 Å². The number of hydrogen-bond acceptors (Lipinski definition) is 5. The van der Waals surface area contributed by atoms with Crippen LogP contribution in [0.15, 0.2) is 18.3 Å². The van der Waals surface area contributed by atoms with Gasteiger partial charge >= 0.3 is 5.97 Å². The fraction of sp³-hybridized carbons (Fsp3) is 0.250. The largest absolute Gasteiger partial charge is 0.480 e. The number of rotatable bonds is 3. The second-order valence-electron chi connectivity index (χ2n) is 3.46. The number of methoxy groups -OCH3 is 1. The van der Waals surface area contributed by atoms with E-state index >= 15 is 0 Å². The van der Waals surface area contributed by atoms with Gasteiger partial charge in [0, 0.05) is 6.20 Å². The van der Waals surface area contributed by atoms with Crippen molar-refractivity contribution in [2.75, 3.05) is 13.7 Å². The summed E-state index contributed by atoms with van der Waals surface area (Å²) in [5, 5.41) is 0.376. The average molecular weight is 267 g/mol. The predicted octanol–water partition coefficient (Wildman–Crippen LogP) is 2.47. The van der Waals surface area contributed by atoms with Gasteiger partial charge < -0.3 is 9.47 Å². The molecule has 0 atom stereocenters. The van der Waals surface area contributed by atoms with Crippen LogP contribution in [0.4, 0.5) is 0 Å². The monoisotopic (exact) mass is 266 g/mol. The highest BCUT2D eigenvalue weighted by molar-refractivity contribution is 6.32. The first kappa shape index (κ1) is 12.6. The van der Waals surface area contributed by atoms with Crippen molar-refractivity contribution >= 4 is 28.6 Å². The standard InChI is InChI=1S/C12H11ClN2O3/c1-3-18-12(16)7-4-10-9(14-6-7)5-8(13)11(15-10)17-2/h4-6H,3H2,1-2H3. The lowest BCUT2D eigenvalue weighted by atomic mass is 10.2. The molecule has 0 aliphatic rings. The summed E-state index contributed by atoms with van der Waals surface area (Å²) in [5.74, 6) is -0.130. The highest BCUT2D eigenvalue weighted by Gasteiger charge is 2.11. The molecule has 0 amide bonds. The minimum absolute atomic E-state index is 0.298. The molecule has 18 heavy (non-hydrogen) atoms. The zero-order chi connectivity index (χ0) is 13.1. The van der Waals surface area contributed by atoms with Crippen LogP contribution >= 0.6 is 11.6 Å². The average Bonchev–Trinajstić information content (AvgIpc) is 2.37. The number of nitrogens with zero attached hydrogens (tertiary/aromatic N) is 2. The van der Waals surface area contributed by atoms with Gasteiger partial charge in [-0.05, 0) is 19.1 Å². The van der Waals surface area contributed by atoms with E-state index < -0.39 is 5.97 Å². The van der Waals surface area contributed by atoms with Gasteiger partial charge in [-0.2, -0.15) is 0 Å². The summed E-state index contributed by atoms with van der Waals surface area (Å²) >= 11 is 5.94. The van der Waals surface area contributed by atoms with E-state index in [1.165, 1.54) is 13.3 Å². The minimum Gasteiger partial charge on any atom is -0.480 e. The highest BCUT2D eigenvalue weighted by atomic mass is 35.5. The molecule has 0 unspecified atom stereocenters. The molecule has 0 saturated carbocycles. The molecule has 0 aromatic carbocycles. The van der Waals surface area contributed by atoms with Crippen molar-refractivity contribution in [3.63, 3.8) is 0 Å². The Balaban J connectivity index is 2.50. The fourth-order valence-corrected chi connectivity index (χ4v) is 1.70. The third-order valence-electron chi connectivity index (χ3n) is 2.29. The van der Waals surface area contributed by atoms with Crippen LogP contribution in [0, 0.1) is 0 Å². The maximum Gasteiger partial charge on any atom is 0.339 e. The molecule has 0 fully saturated rings. The quantitative estimate of drug-likeness (QED) is 0.799. The number of hydrogen-bond donors (Lipinski definition) is 0. The number of halogens is 1. The Hall–Kier alpha value is -1.88. The molecule has 0 N–H and O–H groups in total. The van der Waals surface area contributed by atoms with E-state index in [1.807, 2.05) is 0 Å². The van der Waals surface area contributed by atoms with Crippen molar-refractivity contribution in [3.05, 3.63) is 28.9 Å². The number of esters is 1. The summed E-state index contributed by atoms with van der Waals surface area (Å²) in [4.78, 5) is 19.9. The van der Waals surface area contributed by atoms with Crippen molar-refractivity contribution < 1.29 is 14.3 Å². The lowest BCUT2D eigenvalue weighted by molar-refractivity contribution is 0.0526.